The molecule has 1 saturated heterocycles. The van der Waals surface area contributed by atoms with Gasteiger partial charge in [-0.25, -0.2) is 4.79 Å². The number of carboxylic acid groups (broad SMARTS) is 1. The minimum Gasteiger partial charge on any atom is -0.490 e. The van der Waals surface area contributed by atoms with Crippen molar-refractivity contribution in [2.75, 3.05) is 26.8 Å². The maximum atomic E-state index is 10.8. The van der Waals surface area contributed by atoms with Crippen molar-refractivity contribution in [3.05, 3.63) is 29.8 Å². The van der Waals surface area contributed by atoms with Gasteiger partial charge in [-0.05, 0) is 36.1 Å². The van der Waals surface area contributed by atoms with Crippen molar-refractivity contribution >= 4 is 11.8 Å². The van der Waals surface area contributed by atoms with Gasteiger partial charge in [0.15, 0.2) is 6.10 Å². The van der Waals surface area contributed by atoms with Crippen molar-refractivity contribution in [1.29, 1.82) is 5.41 Å². The lowest BCUT2D eigenvalue weighted by atomic mass is 10.2. The Morgan fingerprint density at radius 3 is 2.61 bits per heavy atom. The zero-order valence-corrected chi connectivity index (χ0v) is 12.9. The van der Waals surface area contributed by atoms with E-state index in [-0.39, 0.29) is 6.61 Å². The molecule has 1 aliphatic carbocycles. The quantitative estimate of drug-likeness (QED) is 0.426. The van der Waals surface area contributed by atoms with Crippen LogP contribution in [0.1, 0.15) is 5.56 Å². The van der Waals surface area contributed by atoms with Crippen LogP contribution in [-0.4, -0.2) is 55.9 Å². The number of methoxy groups -OCH3 is 1. The van der Waals surface area contributed by atoms with Crippen LogP contribution in [0.25, 0.3) is 0 Å². The van der Waals surface area contributed by atoms with Gasteiger partial charge in [0.05, 0.1) is 0 Å². The van der Waals surface area contributed by atoms with Gasteiger partial charge in [-0.3, -0.25) is 5.41 Å². The van der Waals surface area contributed by atoms with Crippen molar-refractivity contribution in [2.45, 2.75) is 12.1 Å². The number of hydrogen-bond donors (Lipinski definition) is 4. The van der Waals surface area contributed by atoms with Crippen molar-refractivity contribution in [1.82, 2.24) is 10.6 Å². The van der Waals surface area contributed by atoms with Crippen LogP contribution in [-0.2, 0) is 9.53 Å². The molecule has 2 aliphatic rings. The first kappa shape index (κ1) is 15.8. The van der Waals surface area contributed by atoms with E-state index in [0.29, 0.717) is 29.5 Å². The largest absolute Gasteiger partial charge is 0.490 e. The predicted molar refractivity (Wildman–Crippen MR) is 84.0 cm³/mol. The molecule has 1 unspecified atom stereocenters. The fourth-order valence-corrected chi connectivity index (χ4v) is 3.01. The van der Waals surface area contributed by atoms with Gasteiger partial charge in [-0.2, -0.15) is 0 Å². The molecule has 124 valence electrons. The van der Waals surface area contributed by atoms with Crippen molar-refractivity contribution in [3.63, 3.8) is 0 Å². The van der Waals surface area contributed by atoms with E-state index in [1.165, 1.54) is 7.11 Å². The third kappa shape index (κ3) is 3.46. The lowest BCUT2D eigenvalue weighted by Crippen LogP contribution is -2.32. The lowest BCUT2D eigenvalue weighted by Gasteiger charge is -2.13. The van der Waals surface area contributed by atoms with E-state index in [2.05, 4.69) is 10.6 Å². The number of carbonyl (C=O) groups is 1. The minimum atomic E-state index is -1.06. The van der Waals surface area contributed by atoms with E-state index in [1.54, 1.807) is 24.3 Å². The van der Waals surface area contributed by atoms with Crippen molar-refractivity contribution in [3.8, 4) is 5.75 Å². The summed E-state index contributed by atoms with van der Waals surface area (Å²) >= 11 is 0. The van der Waals surface area contributed by atoms with Crippen LogP contribution in [0.4, 0.5) is 0 Å². The van der Waals surface area contributed by atoms with Crippen molar-refractivity contribution < 1.29 is 19.4 Å². The second-order valence-electron chi connectivity index (χ2n) is 5.93. The molecule has 7 nitrogen and oxygen atoms in total. The summed E-state index contributed by atoms with van der Waals surface area (Å²) in [5.41, 5.74) is 0.789. The Balaban J connectivity index is 1.50. The first-order chi connectivity index (χ1) is 11.1. The molecule has 23 heavy (non-hydrogen) atoms. The van der Waals surface area contributed by atoms with Crippen LogP contribution < -0.4 is 15.4 Å². The minimum absolute atomic E-state index is 0.0562. The van der Waals surface area contributed by atoms with Gasteiger partial charge >= 0.3 is 5.97 Å². The molecule has 2 fully saturated rings. The molecule has 1 saturated carbocycles. The van der Waals surface area contributed by atoms with Crippen LogP contribution in [0.3, 0.4) is 0 Å². The number of piperidine rings is 1. The Morgan fingerprint density at radius 2 is 2.04 bits per heavy atom. The number of ether oxygens (including phenoxy) is 2. The van der Waals surface area contributed by atoms with Gasteiger partial charge in [0, 0.05) is 31.8 Å². The van der Waals surface area contributed by atoms with Gasteiger partial charge in [0.25, 0.3) is 0 Å². The maximum absolute atomic E-state index is 10.8. The normalized spacial score (nSPS) is 26.2. The summed E-state index contributed by atoms with van der Waals surface area (Å²) in [6.07, 6.45) is -0.988. The summed E-state index contributed by atoms with van der Waals surface area (Å²) in [6.45, 7) is 2.01. The monoisotopic (exact) mass is 319 g/mol. The standard InChI is InChI=1S/C16H21N3O4/c1-22-13(16(20)21)8-23-10-4-2-9(3-5-10)15(17)19-14-11-6-18-7-12(11)14/h2-5,11-14,18H,6-8H2,1H3,(H2,17,19)(H,20,21)/t11-,12+,13-,14?/m0/s1. The van der Waals surface area contributed by atoms with Gasteiger partial charge in [0.1, 0.15) is 18.2 Å². The summed E-state index contributed by atoms with van der Waals surface area (Å²) in [6, 6.07) is 7.47. The second kappa shape index (κ2) is 6.55. The van der Waals surface area contributed by atoms with Crippen LogP contribution >= 0.6 is 0 Å². The Hall–Kier alpha value is -2.12. The van der Waals surface area contributed by atoms with Gasteiger partial charge in [-0.1, -0.05) is 0 Å². The Kier molecular flexibility index (Phi) is 4.49. The van der Waals surface area contributed by atoms with Crippen LogP contribution in [0.15, 0.2) is 24.3 Å². The summed E-state index contributed by atoms with van der Waals surface area (Å²) < 4.78 is 10.2. The SMILES string of the molecule is CO[C@@H](COc1ccc(C(=N)NC2[C@H]3CNC[C@@H]23)cc1)C(=O)O. The topological polar surface area (TPSA) is 104 Å². The van der Waals surface area contributed by atoms with E-state index < -0.39 is 12.1 Å². The third-order valence-corrected chi connectivity index (χ3v) is 4.51. The molecular weight excluding hydrogens is 298 g/mol. The number of aliphatic carboxylic acids is 1. The molecule has 1 heterocycles. The smallest absolute Gasteiger partial charge is 0.336 e. The summed E-state index contributed by atoms with van der Waals surface area (Å²) in [4.78, 5) is 10.8. The molecule has 1 aromatic carbocycles. The van der Waals surface area contributed by atoms with E-state index in [0.717, 1.165) is 18.7 Å². The molecule has 7 heteroatoms. The van der Waals surface area contributed by atoms with E-state index in [9.17, 15) is 4.79 Å². The summed E-state index contributed by atoms with van der Waals surface area (Å²) in [7, 11) is 1.33. The molecule has 3 rings (SSSR count). The summed E-state index contributed by atoms with van der Waals surface area (Å²) in [5, 5.41) is 23.6. The van der Waals surface area contributed by atoms with Crippen LogP contribution in [0.2, 0.25) is 0 Å². The van der Waals surface area contributed by atoms with E-state index in [1.807, 2.05) is 0 Å². The Labute approximate surface area is 134 Å². The Bertz CT molecular complexity index is 579. The number of carboxylic acids is 1. The zero-order valence-electron chi connectivity index (χ0n) is 12.9. The molecule has 0 amide bonds. The highest BCUT2D eigenvalue weighted by Gasteiger charge is 2.53. The van der Waals surface area contributed by atoms with Crippen LogP contribution in [0, 0.1) is 17.2 Å². The number of hydrogen-bond acceptors (Lipinski definition) is 5. The molecule has 0 aromatic heterocycles. The first-order valence-corrected chi connectivity index (χ1v) is 7.65. The molecule has 1 aliphatic heterocycles. The predicted octanol–water partition coefficient (Wildman–Crippen LogP) is 0.298. The molecular formula is C16H21N3O4. The molecule has 4 atom stereocenters. The number of amidine groups is 1. The highest BCUT2D eigenvalue weighted by Crippen LogP contribution is 2.41. The van der Waals surface area contributed by atoms with Gasteiger partial charge in [0.2, 0.25) is 0 Å². The molecule has 1 aromatic rings. The number of nitrogens with one attached hydrogen (secondary N) is 3. The molecule has 4 N–H and O–H groups in total. The lowest BCUT2D eigenvalue weighted by molar-refractivity contribution is -0.150. The molecule has 0 radical (unpaired) electrons. The first-order valence-electron chi connectivity index (χ1n) is 7.65. The average molecular weight is 319 g/mol. The molecule has 0 bridgehead atoms. The van der Waals surface area contributed by atoms with Gasteiger partial charge < -0.3 is 25.2 Å². The number of fused-ring (bicyclic) bond motifs is 1. The number of benzene rings is 1. The second-order valence-corrected chi connectivity index (χ2v) is 5.93. The fourth-order valence-electron chi connectivity index (χ4n) is 3.01. The molecule has 0 spiro atoms. The maximum Gasteiger partial charge on any atom is 0.336 e. The third-order valence-electron chi connectivity index (χ3n) is 4.51. The highest BCUT2D eigenvalue weighted by molar-refractivity contribution is 5.96. The van der Waals surface area contributed by atoms with E-state index >= 15 is 0 Å². The van der Waals surface area contributed by atoms with E-state index in [4.69, 9.17) is 20.0 Å². The van der Waals surface area contributed by atoms with Gasteiger partial charge in [-0.15, -0.1) is 0 Å². The summed E-state index contributed by atoms with van der Waals surface area (Å²) in [5.74, 6) is 1.22. The zero-order chi connectivity index (χ0) is 16.4. The van der Waals surface area contributed by atoms with Crippen LogP contribution in [0.5, 0.6) is 5.75 Å². The number of rotatable bonds is 7. The Morgan fingerprint density at radius 1 is 1.39 bits per heavy atom. The highest BCUT2D eigenvalue weighted by atomic mass is 16.5. The average Bonchev–Trinajstić information content (AvgIpc) is 2.97. The van der Waals surface area contributed by atoms with Crippen molar-refractivity contribution in [2.24, 2.45) is 11.8 Å². The fraction of sp³-hybridized carbons (Fsp3) is 0.500.